The summed E-state index contributed by atoms with van der Waals surface area (Å²) in [5.74, 6) is -0.0433. The Morgan fingerprint density at radius 2 is 1.97 bits per heavy atom. The monoisotopic (exact) mass is 466 g/mol. The third kappa shape index (κ3) is 6.19. The number of rotatable bonds is 10. The van der Waals surface area contributed by atoms with E-state index in [-0.39, 0.29) is 35.3 Å². The summed E-state index contributed by atoms with van der Waals surface area (Å²) in [6.07, 6.45) is 2.97. The molecule has 0 aliphatic carbocycles. The number of halogens is 3. The van der Waals surface area contributed by atoms with Crippen molar-refractivity contribution in [2.24, 2.45) is 0 Å². The maximum absolute atomic E-state index is 15.3. The quantitative estimate of drug-likeness (QED) is 0.356. The summed E-state index contributed by atoms with van der Waals surface area (Å²) in [5.41, 5.74) is 2.28. The highest BCUT2D eigenvalue weighted by Crippen LogP contribution is 2.37. The molecule has 2 atom stereocenters. The lowest BCUT2D eigenvalue weighted by atomic mass is 10.0. The van der Waals surface area contributed by atoms with Gasteiger partial charge in [-0.1, -0.05) is 24.6 Å². The molecule has 3 aromatic rings. The number of H-pyrrole nitrogens is 1. The second-order valence-corrected chi connectivity index (χ2v) is 7.34. The minimum Gasteiger partial charge on any atom is -0.453 e. The van der Waals surface area contributed by atoms with E-state index in [1.54, 1.807) is 30.5 Å². The third-order valence-corrected chi connectivity index (χ3v) is 5.04. The van der Waals surface area contributed by atoms with Crippen molar-refractivity contribution in [1.82, 2.24) is 20.8 Å². The van der Waals surface area contributed by atoms with E-state index in [1.165, 1.54) is 0 Å². The lowest BCUT2D eigenvalue weighted by molar-refractivity contribution is -0.109. The Hall–Kier alpha value is -2.61. The molecule has 9 heteroatoms. The second kappa shape index (κ2) is 11.7. The fourth-order valence-corrected chi connectivity index (χ4v) is 3.39. The molecule has 3 rings (SSSR count). The van der Waals surface area contributed by atoms with Crippen molar-refractivity contribution < 1.29 is 13.9 Å². The standard InChI is InChI=1S/C22H24ClFN4O2.ClH/c1-3-19(27-14(2)12-25-13-29)17-8-9-18(23)22(21(17)24)30-16-6-4-15(5-7-16)20-10-11-26-28-20;/h4-11,13-14,19,27H,3,12H2,1-2H3,(H,25,29)(H,26,28);1H/t14-,19-;/m1./s1. The number of aromatic amines is 1. The SMILES string of the molecule is CC[C@@H](N[C@H](C)CNC=O)c1ccc(Cl)c(Oc2ccc(-c3ccn[nH]3)cc2)c1F.Cl. The highest BCUT2D eigenvalue weighted by molar-refractivity contribution is 6.32. The van der Waals surface area contributed by atoms with Crippen molar-refractivity contribution in [2.75, 3.05) is 6.54 Å². The zero-order chi connectivity index (χ0) is 21.5. The number of nitrogens with zero attached hydrogens (tertiary/aromatic N) is 1. The van der Waals surface area contributed by atoms with Gasteiger partial charge in [-0.25, -0.2) is 4.39 Å². The molecule has 166 valence electrons. The van der Waals surface area contributed by atoms with Crippen LogP contribution in [0.4, 0.5) is 4.39 Å². The Kier molecular flexibility index (Phi) is 9.30. The smallest absolute Gasteiger partial charge is 0.207 e. The van der Waals surface area contributed by atoms with Gasteiger partial charge < -0.3 is 15.4 Å². The summed E-state index contributed by atoms with van der Waals surface area (Å²) in [6, 6.07) is 12.1. The molecule has 0 fully saturated rings. The first-order valence-electron chi connectivity index (χ1n) is 9.72. The Morgan fingerprint density at radius 3 is 2.58 bits per heavy atom. The molecule has 1 amide bonds. The molecule has 6 nitrogen and oxygen atoms in total. The van der Waals surface area contributed by atoms with E-state index in [0.717, 1.165) is 11.3 Å². The summed E-state index contributed by atoms with van der Waals surface area (Å²) < 4.78 is 21.1. The Morgan fingerprint density at radius 1 is 1.23 bits per heavy atom. The number of hydrogen-bond acceptors (Lipinski definition) is 4. The largest absolute Gasteiger partial charge is 0.453 e. The number of hydrogen-bond donors (Lipinski definition) is 3. The third-order valence-electron chi connectivity index (χ3n) is 4.74. The van der Waals surface area contributed by atoms with Gasteiger partial charge in [0, 0.05) is 30.4 Å². The molecule has 0 spiro atoms. The molecular formula is C22H25Cl2FN4O2. The molecule has 0 radical (unpaired) electrons. The number of benzene rings is 2. The van der Waals surface area contributed by atoms with Gasteiger partial charge in [0.1, 0.15) is 5.75 Å². The van der Waals surface area contributed by atoms with Gasteiger partial charge in [0.25, 0.3) is 0 Å². The Bertz CT molecular complexity index is 968. The maximum atomic E-state index is 15.3. The van der Waals surface area contributed by atoms with Gasteiger partial charge in [0.15, 0.2) is 11.6 Å². The van der Waals surface area contributed by atoms with E-state index in [9.17, 15) is 4.79 Å². The summed E-state index contributed by atoms with van der Waals surface area (Å²) in [7, 11) is 0. The molecule has 0 unspecified atom stereocenters. The average Bonchev–Trinajstić information content (AvgIpc) is 3.29. The number of aromatic nitrogens is 2. The van der Waals surface area contributed by atoms with Crippen LogP contribution in [0.5, 0.6) is 11.5 Å². The molecule has 2 aromatic carbocycles. The Labute approximate surface area is 191 Å². The molecule has 0 aliphatic rings. The van der Waals surface area contributed by atoms with Gasteiger partial charge in [-0.3, -0.25) is 9.89 Å². The van der Waals surface area contributed by atoms with Crippen LogP contribution in [0.2, 0.25) is 5.02 Å². The first-order chi connectivity index (χ1) is 14.5. The molecular weight excluding hydrogens is 442 g/mol. The fraction of sp³-hybridized carbons (Fsp3) is 0.273. The maximum Gasteiger partial charge on any atom is 0.207 e. The normalized spacial score (nSPS) is 12.5. The van der Waals surface area contributed by atoms with Crippen LogP contribution in [0.15, 0.2) is 48.7 Å². The van der Waals surface area contributed by atoms with Gasteiger partial charge in [-0.15, -0.1) is 12.4 Å². The summed E-state index contributed by atoms with van der Waals surface area (Å²) >= 11 is 6.24. The van der Waals surface area contributed by atoms with Crippen molar-refractivity contribution in [3.63, 3.8) is 0 Å². The van der Waals surface area contributed by atoms with Gasteiger partial charge in [0.2, 0.25) is 6.41 Å². The number of amides is 1. The van der Waals surface area contributed by atoms with Crippen LogP contribution in [0.25, 0.3) is 11.3 Å². The molecule has 0 saturated heterocycles. The van der Waals surface area contributed by atoms with Crippen molar-refractivity contribution >= 4 is 30.4 Å². The van der Waals surface area contributed by atoms with Crippen molar-refractivity contribution in [3.8, 4) is 22.8 Å². The number of carbonyl (C=O) groups excluding carboxylic acids is 1. The lowest BCUT2D eigenvalue weighted by Crippen LogP contribution is -2.38. The summed E-state index contributed by atoms with van der Waals surface area (Å²) in [4.78, 5) is 10.5. The molecule has 0 aliphatic heterocycles. The van der Waals surface area contributed by atoms with Gasteiger partial charge in [-0.2, -0.15) is 5.10 Å². The van der Waals surface area contributed by atoms with Gasteiger partial charge in [-0.05, 0) is 55.3 Å². The zero-order valence-electron chi connectivity index (χ0n) is 17.2. The molecule has 0 bridgehead atoms. The highest BCUT2D eigenvalue weighted by Gasteiger charge is 2.21. The molecule has 31 heavy (non-hydrogen) atoms. The average molecular weight is 467 g/mol. The first-order valence-corrected chi connectivity index (χ1v) is 10.1. The van der Waals surface area contributed by atoms with Gasteiger partial charge in [0.05, 0.1) is 10.7 Å². The highest BCUT2D eigenvalue weighted by atomic mass is 35.5. The van der Waals surface area contributed by atoms with Crippen LogP contribution in [-0.2, 0) is 4.79 Å². The minimum atomic E-state index is -0.505. The molecule has 1 aromatic heterocycles. The van der Waals surface area contributed by atoms with Crippen LogP contribution >= 0.6 is 24.0 Å². The van der Waals surface area contributed by atoms with Crippen LogP contribution in [0.1, 0.15) is 31.9 Å². The van der Waals surface area contributed by atoms with E-state index < -0.39 is 5.82 Å². The number of ether oxygens (including phenoxy) is 1. The number of carbonyl (C=O) groups is 1. The van der Waals surface area contributed by atoms with Crippen LogP contribution < -0.4 is 15.4 Å². The van der Waals surface area contributed by atoms with Crippen molar-refractivity contribution in [2.45, 2.75) is 32.4 Å². The van der Waals surface area contributed by atoms with Gasteiger partial charge >= 0.3 is 0 Å². The van der Waals surface area contributed by atoms with E-state index in [0.29, 0.717) is 30.7 Å². The molecule has 3 N–H and O–H groups in total. The zero-order valence-corrected chi connectivity index (χ0v) is 18.8. The molecule has 0 saturated carbocycles. The van der Waals surface area contributed by atoms with Crippen molar-refractivity contribution in [1.29, 1.82) is 0 Å². The predicted molar refractivity (Wildman–Crippen MR) is 122 cm³/mol. The first kappa shape index (κ1) is 24.7. The molecule has 1 heterocycles. The van der Waals surface area contributed by atoms with E-state index in [4.69, 9.17) is 16.3 Å². The van der Waals surface area contributed by atoms with E-state index in [2.05, 4.69) is 20.8 Å². The topological polar surface area (TPSA) is 79.0 Å². The lowest BCUT2D eigenvalue weighted by Gasteiger charge is -2.24. The van der Waals surface area contributed by atoms with Crippen LogP contribution in [-0.4, -0.2) is 29.2 Å². The van der Waals surface area contributed by atoms with Crippen LogP contribution in [0, 0.1) is 5.82 Å². The summed E-state index contributed by atoms with van der Waals surface area (Å²) in [5, 5.41) is 13.0. The number of nitrogens with one attached hydrogen (secondary N) is 3. The second-order valence-electron chi connectivity index (χ2n) is 6.93. The predicted octanol–water partition coefficient (Wildman–Crippen LogP) is 5.26. The van der Waals surface area contributed by atoms with E-state index in [1.807, 2.05) is 32.0 Å². The van der Waals surface area contributed by atoms with Crippen LogP contribution in [0.3, 0.4) is 0 Å². The minimum absolute atomic E-state index is 0. The summed E-state index contributed by atoms with van der Waals surface area (Å²) in [6.45, 7) is 4.33. The Balaban J connectivity index is 0.00000341. The van der Waals surface area contributed by atoms with E-state index >= 15 is 4.39 Å². The fourth-order valence-electron chi connectivity index (χ4n) is 3.20. The van der Waals surface area contributed by atoms with Crippen molar-refractivity contribution in [3.05, 3.63) is 65.1 Å².